The zero-order chi connectivity index (χ0) is 20.3. The van der Waals surface area contributed by atoms with Gasteiger partial charge in [0, 0.05) is 0 Å². The first-order valence-electron chi connectivity index (χ1n) is 9.06. The number of carbonyl (C=O) groups is 1. The van der Waals surface area contributed by atoms with Crippen LogP contribution < -0.4 is 10.1 Å². The van der Waals surface area contributed by atoms with Crippen LogP contribution in [0.3, 0.4) is 0 Å². The molecule has 1 unspecified atom stereocenters. The van der Waals surface area contributed by atoms with Crippen LogP contribution in [-0.4, -0.2) is 11.1 Å². The number of aryl methyl sites for hydroxylation is 3. The Balaban J connectivity index is 1.72. The van der Waals surface area contributed by atoms with E-state index in [0.717, 1.165) is 11.1 Å². The van der Waals surface area contributed by atoms with Crippen molar-refractivity contribution in [1.29, 1.82) is 0 Å². The number of nitrogens with one attached hydrogen (secondary N) is 1. The summed E-state index contributed by atoms with van der Waals surface area (Å²) in [5, 5.41) is 6.86. The lowest BCUT2D eigenvalue weighted by Crippen LogP contribution is -2.28. The summed E-state index contributed by atoms with van der Waals surface area (Å²) in [7, 11) is 0. The molecule has 3 aromatic rings. The topological polar surface area (TPSA) is 64.4 Å². The number of ether oxygens (including phenoxy) is 1. The molecule has 0 spiro atoms. The lowest BCUT2D eigenvalue weighted by atomic mass is 10.00. The largest absolute Gasteiger partial charge is 0.489 e. The Labute approximate surface area is 163 Å². The molecule has 28 heavy (non-hydrogen) atoms. The normalized spacial score (nSPS) is 11.9. The second-order valence-corrected chi connectivity index (χ2v) is 6.86. The van der Waals surface area contributed by atoms with Crippen molar-refractivity contribution in [3.8, 4) is 5.75 Å². The van der Waals surface area contributed by atoms with E-state index in [1.54, 1.807) is 6.92 Å². The number of hydrogen-bond donors (Lipinski definition) is 1. The van der Waals surface area contributed by atoms with E-state index in [0.29, 0.717) is 17.1 Å². The molecule has 2 aromatic carbocycles. The van der Waals surface area contributed by atoms with Gasteiger partial charge in [-0.05, 0) is 63.1 Å². The molecule has 1 amide bonds. The molecule has 1 N–H and O–H groups in total. The van der Waals surface area contributed by atoms with Crippen LogP contribution in [0.5, 0.6) is 5.75 Å². The van der Waals surface area contributed by atoms with Crippen LogP contribution in [0.1, 0.15) is 51.5 Å². The first-order chi connectivity index (χ1) is 13.3. The van der Waals surface area contributed by atoms with E-state index >= 15 is 0 Å². The van der Waals surface area contributed by atoms with Crippen molar-refractivity contribution < 1.29 is 18.4 Å². The highest BCUT2D eigenvalue weighted by Gasteiger charge is 2.22. The van der Waals surface area contributed by atoms with Gasteiger partial charge < -0.3 is 14.6 Å². The van der Waals surface area contributed by atoms with Gasteiger partial charge >= 0.3 is 0 Å². The molecule has 146 valence electrons. The lowest BCUT2D eigenvalue weighted by molar-refractivity contribution is 0.0928. The minimum atomic E-state index is -0.339. The molecule has 1 aromatic heterocycles. The molecule has 3 rings (SSSR count). The third kappa shape index (κ3) is 4.39. The number of hydrogen-bond acceptors (Lipinski definition) is 4. The molecular weight excluding hydrogens is 359 g/mol. The third-order valence-electron chi connectivity index (χ3n) is 4.64. The van der Waals surface area contributed by atoms with Crippen molar-refractivity contribution in [3.05, 3.63) is 82.0 Å². The molecule has 0 aliphatic rings. The predicted molar refractivity (Wildman–Crippen MR) is 104 cm³/mol. The van der Waals surface area contributed by atoms with E-state index in [9.17, 15) is 9.18 Å². The van der Waals surface area contributed by atoms with E-state index in [1.807, 2.05) is 32.9 Å². The predicted octanol–water partition coefficient (Wildman–Crippen LogP) is 4.81. The average molecular weight is 382 g/mol. The van der Waals surface area contributed by atoms with Crippen LogP contribution in [0.15, 0.2) is 47.0 Å². The molecule has 5 nitrogen and oxygen atoms in total. The maximum absolute atomic E-state index is 13.0. The van der Waals surface area contributed by atoms with Crippen molar-refractivity contribution >= 4 is 5.91 Å². The minimum absolute atomic E-state index is 0.0989. The second kappa shape index (κ2) is 8.25. The highest BCUT2D eigenvalue weighted by molar-refractivity contribution is 5.94. The Bertz CT molecular complexity index is 980. The SMILES string of the molecule is Cc1ccc(C(C)NC(=O)c2noc(C)c2COc2ccc(F)cc2)c(C)c1. The molecule has 0 aliphatic carbocycles. The fourth-order valence-corrected chi connectivity index (χ4v) is 3.08. The minimum Gasteiger partial charge on any atom is -0.489 e. The summed E-state index contributed by atoms with van der Waals surface area (Å²) in [6.07, 6.45) is 0. The fourth-order valence-electron chi connectivity index (χ4n) is 3.08. The van der Waals surface area contributed by atoms with Gasteiger partial charge in [0.25, 0.3) is 5.91 Å². The lowest BCUT2D eigenvalue weighted by Gasteiger charge is -2.17. The Kier molecular flexibility index (Phi) is 5.78. The zero-order valence-electron chi connectivity index (χ0n) is 16.4. The summed E-state index contributed by atoms with van der Waals surface area (Å²) in [6, 6.07) is 11.6. The molecular formula is C22H23FN2O3. The van der Waals surface area contributed by atoms with Gasteiger partial charge in [-0.1, -0.05) is 28.9 Å². The van der Waals surface area contributed by atoms with Crippen LogP contribution in [0.2, 0.25) is 0 Å². The number of rotatable bonds is 6. The van der Waals surface area contributed by atoms with E-state index < -0.39 is 0 Å². The summed E-state index contributed by atoms with van der Waals surface area (Å²) in [5.74, 6) is 0.333. The number of aromatic nitrogens is 1. The number of nitrogens with zero attached hydrogens (tertiary/aromatic N) is 1. The molecule has 0 radical (unpaired) electrons. The average Bonchev–Trinajstić information content (AvgIpc) is 3.02. The van der Waals surface area contributed by atoms with Crippen molar-refractivity contribution in [1.82, 2.24) is 10.5 Å². The maximum atomic E-state index is 13.0. The fraction of sp³-hybridized carbons (Fsp3) is 0.273. The molecule has 0 saturated carbocycles. The molecule has 0 fully saturated rings. The number of amides is 1. The molecule has 0 aliphatic heterocycles. The van der Waals surface area contributed by atoms with Gasteiger partial charge in [-0.2, -0.15) is 0 Å². The van der Waals surface area contributed by atoms with Gasteiger partial charge in [-0.25, -0.2) is 4.39 Å². The zero-order valence-corrected chi connectivity index (χ0v) is 16.4. The van der Waals surface area contributed by atoms with Gasteiger partial charge in [-0.15, -0.1) is 0 Å². The second-order valence-electron chi connectivity index (χ2n) is 6.86. The molecule has 1 heterocycles. The van der Waals surface area contributed by atoms with Crippen molar-refractivity contribution in [3.63, 3.8) is 0 Å². The van der Waals surface area contributed by atoms with Crippen LogP contribution in [0.25, 0.3) is 0 Å². The highest BCUT2D eigenvalue weighted by Crippen LogP contribution is 2.21. The summed E-state index contributed by atoms with van der Waals surface area (Å²) < 4.78 is 23.9. The summed E-state index contributed by atoms with van der Waals surface area (Å²) in [4.78, 5) is 12.8. The van der Waals surface area contributed by atoms with Gasteiger partial charge in [0.05, 0.1) is 11.6 Å². The van der Waals surface area contributed by atoms with Crippen LogP contribution in [0.4, 0.5) is 4.39 Å². The van der Waals surface area contributed by atoms with Gasteiger partial charge in [0.1, 0.15) is 23.9 Å². The summed E-state index contributed by atoms with van der Waals surface area (Å²) in [5.41, 5.74) is 4.09. The third-order valence-corrected chi connectivity index (χ3v) is 4.64. The van der Waals surface area contributed by atoms with E-state index in [2.05, 4.69) is 16.5 Å². The van der Waals surface area contributed by atoms with E-state index in [-0.39, 0.29) is 30.1 Å². The quantitative estimate of drug-likeness (QED) is 0.665. The smallest absolute Gasteiger partial charge is 0.274 e. The Hall–Kier alpha value is -3.15. The Morgan fingerprint density at radius 3 is 2.57 bits per heavy atom. The van der Waals surface area contributed by atoms with Gasteiger partial charge in [0.2, 0.25) is 0 Å². The monoisotopic (exact) mass is 382 g/mol. The Morgan fingerprint density at radius 2 is 1.89 bits per heavy atom. The number of benzene rings is 2. The molecule has 1 atom stereocenters. The number of halogens is 1. The molecule has 0 saturated heterocycles. The van der Waals surface area contributed by atoms with Crippen molar-refractivity contribution in [2.75, 3.05) is 0 Å². The van der Waals surface area contributed by atoms with Gasteiger partial charge in [0.15, 0.2) is 5.69 Å². The summed E-state index contributed by atoms with van der Waals surface area (Å²) in [6.45, 7) is 7.80. The highest BCUT2D eigenvalue weighted by atomic mass is 19.1. The summed E-state index contributed by atoms with van der Waals surface area (Å²) >= 11 is 0. The first kappa shape index (κ1) is 19.6. The van der Waals surface area contributed by atoms with Crippen molar-refractivity contribution in [2.24, 2.45) is 0 Å². The molecule has 6 heteroatoms. The van der Waals surface area contributed by atoms with Crippen molar-refractivity contribution in [2.45, 2.75) is 40.3 Å². The van der Waals surface area contributed by atoms with Gasteiger partial charge in [-0.3, -0.25) is 4.79 Å². The Morgan fingerprint density at radius 1 is 1.18 bits per heavy atom. The standard InChI is InChI=1S/C22H23FN2O3/c1-13-5-10-19(14(2)11-13)15(3)24-22(26)21-20(16(4)28-25-21)12-27-18-8-6-17(23)7-9-18/h5-11,15H,12H2,1-4H3,(H,24,26). The maximum Gasteiger partial charge on any atom is 0.274 e. The first-order valence-corrected chi connectivity index (χ1v) is 9.06. The van der Waals surface area contributed by atoms with Crippen LogP contribution in [-0.2, 0) is 6.61 Å². The number of carbonyl (C=O) groups excluding carboxylic acids is 1. The van der Waals surface area contributed by atoms with E-state index in [4.69, 9.17) is 9.26 Å². The molecule has 0 bridgehead atoms. The van der Waals surface area contributed by atoms with E-state index in [1.165, 1.54) is 29.8 Å². The van der Waals surface area contributed by atoms with Crippen LogP contribution >= 0.6 is 0 Å². The van der Waals surface area contributed by atoms with Crippen LogP contribution in [0, 0.1) is 26.6 Å².